The predicted octanol–water partition coefficient (Wildman–Crippen LogP) is 12.4. The molecule has 0 saturated carbocycles. The molecule has 8 aromatic carbocycles. The molecule has 0 bridgehead atoms. The van der Waals surface area contributed by atoms with E-state index in [1.54, 1.807) is 0 Å². The summed E-state index contributed by atoms with van der Waals surface area (Å²) in [6.45, 7) is 0. The minimum absolute atomic E-state index is 0.597. The van der Waals surface area contributed by atoms with Gasteiger partial charge in [0.15, 0.2) is 0 Å². The standard InChI is InChI=1S/C49H30N4/c50-31-32-15-17-37(18-16-32)48-44-29-40(36-21-19-35(20-22-36)33-9-3-1-4-10-33)23-25-45(44)51-49(52-48)53-46-26-24-41(34-11-5-2-6-12-34)28-42(46)43-27-38-13-7-8-14-39(38)30-47(43)53/h1-30H. The van der Waals surface area contributed by atoms with Crippen molar-refractivity contribution in [1.29, 1.82) is 5.26 Å². The molecule has 0 atom stereocenters. The van der Waals surface area contributed by atoms with E-state index in [0.717, 1.165) is 66.0 Å². The molecule has 0 fully saturated rings. The van der Waals surface area contributed by atoms with Crippen LogP contribution in [0.4, 0.5) is 0 Å². The molecule has 0 aliphatic rings. The first-order valence-electron chi connectivity index (χ1n) is 17.7. The molecule has 0 aliphatic heterocycles. The molecule has 0 unspecified atom stereocenters. The summed E-state index contributed by atoms with van der Waals surface area (Å²) in [7, 11) is 0. The van der Waals surface area contributed by atoms with Crippen LogP contribution in [0.5, 0.6) is 0 Å². The predicted molar refractivity (Wildman–Crippen MR) is 218 cm³/mol. The van der Waals surface area contributed by atoms with Crippen LogP contribution in [-0.4, -0.2) is 14.5 Å². The second-order valence-corrected chi connectivity index (χ2v) is 13.4. The highest BCUT2D eigenvalue weighted by Gasteiger charge is 2.19. The minimum Gasteiger partial charge on any atom is -0.278 e. The second kappa shape index (κ2) is 12.5. The van der Waals surface area contributed by atoms with Crippen molar-refractivity contribution in [3.63, 3.8) is 0 Å². The molecule has 10 aromatic rings. The van der Waals surface area contributed by atoms with E-state index in [-0.39, 0.29) is 0 Å². The van der Waals surface area contributed by atoms with Gasteiger partial charge in [-0.15, -0.1) is 0 Å². The fourth-order valence-corrected chi connectivity index (χ4v) is 7.54. The molecule has 2 heterocycles. The fourth-order valence-electron chi connectivity index (χ4n) is 7.54. The SMILES string of the molecule is N#Cc1ccc(-c2nc(-n3c4ccc(-c5ccccc5)cc4c4cc5ccccc5cc43)nc3ccc(-c4ccc(-c5ccccc5)cc4)cc23)cc1. The van der Waals surface area contributed by atoms with Gasteiger partial charge in [0.1, 0.15) is 0 Å². The van der Waals surface area contributed by atoms with E-state index in [4.69, 9.17) is 9.97 Å². The summed E-state index contributed by atoms with van der Waals surface area (Å²) in [4.78, 5) is 10.7. The van der Waals surface area contributed by atoms with Crippen LogP contribution in [0.25, 0.3) is 94.1 Å². The van der Waals surface area contributed by atoms with Crippen molar-refractivity contribution in [1.82, 2.24) is 14.5 Å². The number of nitrogens with zero attached hydrogens (tertiary/aromatic N) is 4. The maximum atomic E-state index is 9.58. The average Bonchev–Trinajstić information content (AvgIpc) is 3.55. The molecular formula is C49H30N4. The Kier molecular flexibility index (Phi) is 7.16. The zero-order valence-corrected chi connectivity index (χ0v) is 28.6. The van der Waals surface area contributed by atoms with Crippen LogP contribution in [-0.2, 0) is 0 Å². The van der Waals surface area contributed by atoms with Gasteiger partial charge in [0, 0.05) is 21.7 Å². The molecule has 4 nitrogen and oxygen atoms in total. The largest absolute Gasteiger partial charge is 0.278 e. The van der Waals surface area contributed by atoms with Gasteiger partial charge in [0.25, 0.3) is 0 Å². The number of hydrogen-bond donors (Lipinski definition) is 0. The topological polar surface area (TPSA) is 54.5 Å². The van der Waals surface area contributed by atoms with Gasteiger partial charge in [-0.2, -0.15) is 5.26 Å². The molecular weight excluding hydrogens is 645 g/mol. The van der Waals surface area contributed by atoms with Crippen LogP contribution in [0.2, 0.25) is 0 Å². The van der Waals surface area contributed by atoms with Crippen LogP contribution in [0.15, 0.2) is 182 Å². The Balaban J connectivity index is 1.20. The van der Waals surface area contributed by atoms with Gasteiger partial charge in [0.2, 0.25) is 5.95 Å². The number of rotatable bonds is 5. The third-order valence-electron chi connectivity index (χ3n) is 10.2. The maximum absolute atomic E-state index is 9.58. The lowest BCUT2D eigenvalue weighted by Gasteiger charge is -2.13. The molecule has 10 rings (SSSR count). The van der Waals surface area contributed by atoms with Gasteiger partial charge >= 0.3 is 0 Å². The third kappa shape index (κ3) is 5.31. The number of fused-ring (bicyclic) bond motifs is 5. The summed E-state index contributed by atoms with van der Waals surface area (Å²) < 4.78 is 2.20. The van der Waals surface area contributed by atoms with Crippen LogP contribution in [0.3, 0.4) is 0 Å². The Hall–Kier alpha value is -7.35. The van der Waals surface area contributed by atoms with Gasteiger partial charge < -0.3 is 0 Å². The van der Waals surface area contributed by atoms with Gasteiger partial charge in [-0.3, -0.25) is 4.57 Å². The summed E-state index contributed by atoms with van der Waals surface area (Å²) in [6.07, 6.45) is 0. The zero-order valence-electron chi connectivity index (χ0n) is 28.6. The van der Waals surface area contributed by atoms with E-state index >= 15 is 0 Å². The number of benzene rings is 8. The lowest BCUT2D eigenvalue weighted by molar-refractivity contribution is 1.01. The Morgan fingerprint density at radius 1 is 0.396 bits per heavy atom. The molecule has 4 heteroatoms. The maximum Gasteiger partial charge on any atom is 0.235 e. The van der Waals surface area contributed by atoms with Gasteiger partial charge in [0.05, 0.1) is 33.9 Å². The summed E-state index contributed by atoms with van der Waals surface area (Å²) in [5.74, 6) is 0.597. The first-order chi connectivity index (χ1) is 26.2. The van der Waals surface area contributed by atoms with E-state index in [2.05, 4.69) is 156 Å². The van der Waals surface area contributed by atoms with E-state index in [1.807, 2.05) is 36.4 Å². The summed E-state index contributed by atoms with van der Waals surface area (Å²) in [6, 6.07) is 65.7. The Labute approximate surface area is 306 Å². The van der Waals surface area contributed by atoms with E-state index in [0.29, 0.717) is 11.5 Å². The molecule has 0 aliphatic carbocycles. The van der Waals surface area contributed by atoms with Gasteiger partial charge in [-0.05, 0) is 92.7 Å². The Bertz CT molecular complexity index is 3030. The monoisotopic (exact) mass is 674 g/mol. The quantitative estimate of drug-likeness (QED) is 0.183. The highest BCUT2D eigenvalue weighted by molar-refractivity contribution is 6.14. The van der Waals surface area contributed by atoms with Crippen molar-refractivity contribution in [3.05, 3.63) is 188 Å². The van der Waals surface area contributed by atoms with E-state index in [9.17, 15) is 5.26 Å². The van der Waals surface area contributed by atoms with Gasteiger partial charge in [-0.1, -0.05) is 133 Å². The molecule has 246 valence electrons. The number of nitriles is 1. The van der Waals surface area contributed by atoms with E-state index < -0.39 is 0 Å². The average molecular weight is 675 g/mol. The van der Waals surface area contributed by atoms with Crippen molar-refractivity contribution in [3.8, 4) is 56.7 Å². The van der Waals surface area contributed by atoms with Crippen molar-refractivity contribution in [2.45, 2.75) is 0 Å². The number of hydrogen-bond acceptors (Lipinski definition) is 3. The smallest absolute Gasteiger partial charge is 0.235 e. The lowest BCUT2D eigenvalue weighted by atomic mass is 9.98. The Morgan fingerprint density at radius 3 is 1.58 bits per heavy atom. The zero-order chi connectivity index (χ0) is 35.3. The number of aromatic nitrogens is 3. The molecule has 0 saturated heterocycles. The molecule has 2 aromatic heterocycles. The van der Waals surface area contributed by atoms with Crippen molar-refractivity contribution < 1.29 is 0 Å². The first-order valence-corrected chi connectivity index (χ1v) is 17.7. The fraction of sp³-hybridized carbons (Fsp3) is 0. The summed E-state index contributed by atoms with van der Waals surface area (Å²) >= 11 is 0. The summed E-state index contributed by atoms with van der Waals surface area (Å²) in [5, 5.41) is 15.2. The summed E-state index contributed by atoms with van der Waals surface area (Å²) in [5.41, 5.74) is 12.2. The van der Waals surface area contributed by atoms with Crippen LogP contribution < -0.4 is 0 Å². The highest BCUT2D eigenvalue weighted by atomic mass is 15.2. The van der Waals surface area contributed by atoms with Crippen molar-refractivity contribution >= 4 is 43.5 Å². The minimum atomic E-state index is 0.597. The van der Waals surface area contributed by atoms with Crippen molar-refractivity contribution in [2.75, 3.05) is 0 Å². The molecule has 0 amide bonds. The van der Waals surface area contributed by atoms with Crippen LogP contribution in [0, 0.1) is 11.3 Å². The normalized spacial score (nSPS) is 11.4. The second-order valence-electron chi connectivity index (χ2n) is 13.4. The van der Waals surface area contributed by atoms with Crippen molar-refractivity contribution in [2.24, 2.45) is 0 Å². The van der Waals surface area contributed by atoms with E-state index in [1.165, 1.54) is 22.1 Å². The Morgan fingerprint density at radius 2 is 0.906 bits per heavy atom. The molecule has 0 spiro atoms. The van der Waals surface area contributed by atoms with Crippen LogP contribution in [0.1, 0.15) is 5.56 Å². The molecule has 53 heavy (non-hydrogen) atoms. The molecule has 0 radical (unpaired) electrons. The van der Waals surface area contributed by atoms with Crippen LogP contribution >= 0.6 is 0 Å². The molecule has 0 N–H and O–H groups in total. The first kappa shape index (κ1) is 30.5. The highest BCUT2D eigenvalue weighted by Crippen LogP contribution is 2.38. The van der Waals surface area contributed by atoms with Gasteiger partial charge in [-0.25, -0.2) is 9.97 Å². The third-order valence-corrected chi connectivity index (χ3v) is 10.2. The lowest BCUT2D eigenvalue weighted by Crippen LogP contribution is -2.03.